The summed E-state index contributed by atoms with van der Waals surface area (Å²) in [6.07, 6.45) is 2.13. The molecule has 5 aromatic rings. The van der Waals surface area contributed by atoms with E-state index in [0.29, 0.717) is 48.3 Å². The largest absolute Gasteiger partial charge is 0.339 e. The number of fused-ring (bicyclic) bond motifs is 3. The minimum Gasteiger partial charge on any atom is -0.339 e. The van der Waals surface area contributed by atoms with E-state index in [4.69, 9.17) is 16.6 Å². The lowest BCUT2D eigenvalue weighted by molar-refractivity contribution is -0.133. The standard InChI is InChI=1S/C34H35ClN6O2S/c1-23-15-16-29-27(20-23)31-32(41(29)22-25-10-4-3-5-11-25)36-34(38-37-31)44-19-9-8-14-30(42)39-17-18-40(24(2)21-39)33(43)26-12-6-7-13-28(26)35/h3-7,10-13,15-16,20,24H,8-9,14,17-19,21-22H2,1-2H3. The van der Waals surface area contributed by atoms with Crippen LogP contribution in [0.5, 0.6) is 0 Å². The van der Waals surface area contributed by atoms with Gasteiger partial charge >= 0.3 is 0 Å². The van der Waals surface area contributed by atoms with Crippen molar-refractivity contribution in [2.45, 2.75) is 50.9 Å². The number of unbranched alkanes of at least 4 members (excludes halogenated alkanes) is 1. The first kappa shape index (κ1) is 30.1. The Balaban J connectivity index is 1.03. The molecule has 1 aliphatic heterocycles. The molecule has 6 rings (SSSR count). The minimum atomic E-state index is -0.0855. The van der Waals surface area contributed by atoms with Gasteiger partial charge in [0.1, 0.15) is 5.52 Å². The summed E-state index contributed by atoms with van der Waals surface area (Å²) in [6, 6.07) is 23.8. The average molecular weight is 627 g/mol. The Hall–Kier alpha value is -3.95. The zero-order chi connectivity index (χ0) is 30.6. The molecule has 0 radical (unpaired) electrons. The Morgan fingerprint density at radius 2 is 1.77 bits per heavy atom. The normalized spacial score (nSPS) is 15.3. The first-order valence-electron chi connectivity index (χ1n) is 15.0. The fourth-order valence-electron chi connectivity index (χ4n) is 5.82. The Labute approximate surface area is 266 Å². The minimum absolute atomic E-state index is 0.0759. The van der Waals surface area contributed by atoms with Crippen molar-refractivity contribution in [3.63, 3.8) is 0 Å². The average Bonchev–Trinajstić information content (AvgIpc) is 3.32. The molecular formula is C34H35ClN6O2S. The summed E-state index contributed by atoms with van der Waals surface area (Å²) in [7, 11) is 0. The number of hydrogen-bond acceptors (Lipinski definition) is 6. The number of aryl methyl sites for hydroxylation is 1. The van der Waals surface area contributed by atoms with Gasteiger partial charge in [0, 0.05) is 49.8 Å². The number of thioether (sulfide) groups is 1. The predicted molar refractivity (Wildman–Crippen MR) is 176 cm³/mol. The van der Waals surface area contributed by atoms with Crippen LogP contribution in [0.3, 0.4) is 0 Å². The van der Waals surface area contributed by atoms with E-state index in [0.717, 1.165) is 40.7 Å². The Morgan fingerprint density at radius 3 is 2.57 bits per heavy atom. The number of amides is 2. The maximum Gasteiger partial charge on any atom is 0.255 e. The first-order valence-corrected chi connectivity index (χ1v) is 16.4. The molecule has 2 aromatic heterocycles. The molecule has 10 heteroatoms. The van der Waals surface area contributed by atoms with E-state index in [-0.39, 0.29) is 17.9 Å². The number of piperazine rings is 1. The third-order valence-corrected chi connectivity index (χ3v) is 9.40. The molecule has 1 atom stereocenters. The van der Waals surface area contributed by atoms with Gasteiger partial charge in [-0.05, 0) is 56.5 Å². The summed E-state index contributed by atoms with van der Waals surface area (Å²) in [4.78, 5) is 34.6. The molecular weight excluding hydrogens is 592 g/mol. The van der Waals surface area contributed by atoms with Gasteiger partial charge in [0.05, 0.1) is 16.1 Å². The van der Waals surface area contributed by atoms with Crippen molar-refractivity contribution in [2.24, 2.45) is 0 Å². The summed E-state index contributed by atoms with van der Waals surface area (Å²) in [5.74, 6) is 0.846. The molecule has 1 aliphatic rings. The van der Waals surface area contributed by atoms with E-state index in [9.17, 15) is 9.59 Å². The van der Waals surface area contributed by atoms with Crippen molar-refractivity contribution in [3.05, 3.63) is 94.5 Å². The maximum atomic E-state index is 13.0. The van der Waals surface area contributed by atoms with Crippen LogP contribution >= 0.6 is 23.4 Å². The highest BCUT2D eigenvalue weighted by atomic mass is 35.5. The van der Waals surface area contributed by atoms with Gasteiger partial charge in [-0.25, -0.2) is 4.98 Å². The highest BCUT2D eigenvalue weighted by molar-refractivity contribution is 7.99. The van der Waals surface area contributed by atoms with Gasteiger partial charge < -0.3 is 14.4 Å². The molecule has 1 unspecified atom stereocenters. The number of halogens is 1. The molecule has 1 fully saturated rings. The molecule has 8 nitrogen and oxygen atoms in total. The van der Waals surface area contributed by atoms with E-state index < -0.39 is 0 Å². The molecule has 1 saturated heterocycles. The lowest BCUT2D eigenvalue weighted by atomic mass is 10.1. The summed E-state index contributed by atoms with van der Waals surface area (Å²) in [5, 5.41) is 11.2. The molecule has 0 aliphatic carbocycles. The maximum absolute atomic E-state index is 13.0. The van der Waals surface area contributed by atoms with Gasteiger partial charge in [0.15, 0.2) is 5.65 Å². The molecule has 3 aromatic carbocycles. The highest BCUT2D eigenvalue weighted by Crippen LogP contribution is 2.29. The fraction of sp³-hybridized carbons (Fsp3) is 0.324. The van der Waals surface area contributed by atoms with Crippen LogP contribution in [0.4, 0.5) is 0 Å². The summed E-state index contributed by atoms with van der Waals surface area (Å²) < 4.78 is 2.22. The molecule has 0 saturated carbocycles. The molecule has 3 heterocycles. The van der Waals surface area contributed by atoms with Crippen LogP contribution in [-0.4, -0.2) is 72.8 Å². The monoisotopic (exact) mass is 626 g/mol. The quantitative estimate of drug-likeness (QED) is 0.135. The Bertz CT molecular complexity index is 1810. The van der Waals surface area contributed by atoms with Gasteiger partial charge in [0.25, 0.3) is 5.91 Å². The lowest BCUT2D eigenvalue weighted by Crippen LogP contribution is -2.55. The smallest absolute Gasteiger partial charge is 0.255 e. The number of carbonyl (C=O) groups excluding carboxylic acids is 2. The molecule has 226 valence electrons. The first-order chi connectivity index (χ1) is 21.4. The van der Waals surface area contributed by atoms with E-state index in [1.165, 1.54) is 11.1 Å². The van der Waals surface area contributed by atoms with Crippen molar-refractivity contribution in [1.29, 1.82) is 0 Å². The Kier molecular flexibility index (Phi) is 9.14. The SMILES string of the molecule is Cc1ccc2c(c1)c1nnc(SCCCCC(=O)N3CCN(C(=O)c4ccccc4Cl)C(C)C3)nc1n2Cc1ccccc1. The number of rotatable bonds is 9. The second kappa shape index (κ2) is 13.4. The van der Waals surface area contributed by atoms with Gasteiger partial charge in [-0.2, -0.15) is 0 Å². The van der Waals surface area contributed by atoms with Gasteiger partial charge in [-0.1, -0.05) is 77.5 Å². The summed E-state index contributed by atoms with van der Waals surface area (Å²) in [5.41, 5.74) is 5.63. The summed E-state index contributed by atoms with van der Waals surface area (Å²) in [6.45, 7) is 6.33. The van der Waals surface area contributed by atoms with Crippen LogP contribution in [0.2, 0.25) is 5.02 Å². The van der Waals surface area contributed by atoms with Crippen molar-refractivity contribution < 1.29 is 9.59 Å². The molecule has 0 spiro atoms. The van der Waals surface area contributed by atoms with Crippen LogP contribution in [0, 0.1) is 6.92 Å². The zero-order valence-corrected chi connectivity index (χ0v) is 26.5. The van der Waals surface area contributed by atoms with Crippen molar-refractivity contribution in [2.75, 3.05) is 25.4 Å². The van der Waals surface area contributed by atoms with Crippen molar-refractivity contribution >= 4 is 57.2 Å². The second-order valence-corrected chi connectivity index (χ2v) is 12.8. The van der Waals surface area contributed by atoms with Crippen LogP contribution in [0.25, 0.3) is 22.1 Å². The lowest BCUT2D eigenvalue weighted by Gasteiger charge is -2.40. The van der Waals surface area contributed by atoms with Crippen molar-refractivity contribution in [1.82, 2.24) is 29.5 Å². The van der Waals surface area contributed by atoms with Gasteiger partial charge in [-0.3, -0.25) is 9.59 Å². The highest BCUT2D eigenvalue weighted by Gasteiger charge is 2.30. The number of aromatic nitrogens is 4. The van der Waals surface area contributed by atoms with E-state index in [2.05, 4.69) is 64.2 Å². The third kappa shape index (κ3) is 6.44. The topological polar surface area (TPSA) is 84.2 Å². The Morgan fingerprint density at radius 1 is 0.977 bits per heavy atom. The molecule has 0 N–H and O–H groups in total. The summed E-state index contributed by atoms with van der Waals surface area (Å²) >= 11 is 7.82. The van der Waals surface area contributed by atoms with Gasteiger partial charge in [0.2, 0.25) is 11.1 Å². The van der Waals surface area contributed by atoms with E-state index in [1.54, 1.807) is 23.9 Å². The van der Waals surface area contributed by atoms with E-state index in [1.807, 2.05) is 34.9 Å². The number of carbonyl (C=O) groups is 2. The molecule has 2 amide bonds. The van der Waals surface area contributed by atoms with Crippen molar-refractivity contribution in [3.8, 4) is 0 Å². The van der Waals surface area contributed by atoms with Crippen LogP contribution in [0.15, 0.2) is 78.0 Å². The number of nitrogens with zero attached hydrogens (tertiary/aromatic N) is 6. The number of hydrogen-bond donors (Lipinski definition) is 0. The number of benzene rings is 3. The van der Waals surface area contributed by atoms with Crippen LogP contribution in [0.1, 0.15) is 47.7 Å². The zero-order valence-electron chi connectivity index (χ0n) is 24.9. The predicted octanol–water partition coefficient (Wildman–Crippen LogP) is 6.63. The molecule has 0 bridgehead atoms. The van der Waals surface area contributed by atoms with Crippen LogP contribution < -0.4 is 0 Å². The second-order valence-electron chi connectivity index (χ2n) is 11.3. The van der Waals surface area contributed by atoms with E-state index >= 15 is 0 Å². The molecule has 44 heavy (non-hydrogen) atoms. The fourth-order valence-corrected chi connectivity index (χ4v) is 6.81. The third-order valence-electron chi connectivity index (χ3n) is 8.15. The van der Waals surface area contributed by atoms with Gasteiger partial charge in [-0.15, -0.1) is 10.2 Å². The van der Waals surface area contributed by atoms with Crippen LogP contribution in [-0.2, 0) is 11.3 Å².